The molecule has 1 aliphatic rings. The van der Waals surface area contributed by atoms with E-state index < -0.39 is 0 Å². The first-order valence-electron chi connectivity index (χ1n) is 6.79. The lowest BCUT2D eigenvalue weighted by Gasteiger charge is -2.15. The van der Waals surface area contributed by atoms with Gasteiger partial charge in [0, 0.05) is 12.5 Å². The van der Waals surface area contributed by atoms with Crippen LogP contribution in [0.5, 0.6) is 0 Å². The summed E-state index contributed by atoms with van der Waals surface area (Å²) in [6.45, 7) is 5.21. The van der Waals surface area contributed by atoms with Crippen LogP contribution >= 0.6 is 0 Å². The second-order valence-electron chi connectivity index (χ2n) is 4.97. The fraction of sp³-hybridized carbons (Fsp3) is 0.600. The molecule has 1 fully saturated rings. The summed E-state index contributed by atoms with van der Waals surface area (Å²) >= 11 is 0. The van der Waals surface area contributed by atoms with Gasteiger partial charge in [0.2, 0.25) is 0 Å². The maximum atomic E-state index is 6.12. The molecule has 3 heteroatoms. The van der Waals surface area contributed by atoms with E-state index in [1.165, 1.54) is 5.56 Å². The van der Waals surface area contributed by atoms with Crippen LogP contribution in [0.3, 0.4) is 0 Å². The van der Waals surface area contributed by atoms with Gasteiger partial charge >= 0.3 is 0 Å². The molecule has 2 unspecified atom stereocenters. The van der Waals surface area contributed by atoms with Crippen LogP contribution in [0.15, 0.2) is 24.3 Å². The molecule has 2 rings (SSSR count). The van der Waals surface area contributed by atoms with Crippen LogP contribution in [0, 0.1) is 5.92 Å². The van der Waals surface area contributed by atoms with Crippen LogP contribution in [0.25, 0.3) is 0 Å². The van der Waals surface area contributed by atoms with Crippen LogP contribution in [0.2, 0.25) is 0 Å². The summed E-state index contributed by atoms with van der Waals surface area (Å²) in [5, 5.41) is 0. The van der Waals surface area contributed by atoms with Gasteiger partial charge in [0.05, 0.1) is 25.9 Å². The van der Waals surface area contributed by atoms with Crippen molar-refractivity contribution in [1.29, 1.82) is 0 Å². The zero-order valence-electron chi connectivity index (χ0n) is 11.1. The van der Waals surface area contributed by atoms with Crippen LogP contribution in [0.4, 0.5) is 0 Å². The molecule has 1 heterocycles. The summed E-state index contributed by atoms with van der Waals surface area (Å²) in [7, 11) is 0. The van der Waals surface area contributed by atoms with Gasteiger partial charge in [0.25, 0.3) is 0 Å². The third-order valence-electron chi connectivity index (χ3n) is 3.49. The van der Waals surface area contributed by atoms with E-state index >= 15 is 0 Å². The average molecular weight is 249 g/mol. The van der Waals surface area contributed by atoms with Crippen molar-refractivity contribution in [3.63, 3.8) is 0 Å². The van der Waals surface area contributed by atoms with Crippen molar-refractivity contribution in [2.75, 3.05) is 26.4 Å². The molecule has 1 aromatic rings. The molecular formula is C15H23NO2. The minimum atomic E-state index is -0.0294. The summed E-state index contributed by atoms with van der Waals surface area (Å²) in [5.74, 6) is 0.555. The Balaban J connectivity index is 1.74. The van der Waals surface area contributed by atoms with Gasteiger partial charge in [0.1, 0.15) is 0 Å². The van der Waals surface area contributed by atoms with Crippen molar-refractivity contribution >= 4 is 0 Å². The van der Waals surface area contributed by atoms with Crippen LogP contribution in [-0.4, -0.2) is 26.4 Å². The highest BCUT2D eigenvalue weighted by molar-refractivity contribution is 5.24. The quantitative estimate of drug-likeness (QED) is 0.841. The maximum Gasteiger partial charge on any atom is 0.0659 e. The molecule has 0 aliphatic carbocycles. The highest BCUT2D eigenvalue weighted by atomic mass is 16.5. The van der Waals surface area contributed by atoms with E-state index in [0.717, 1.165) is 38.2 Å². The van der Waals surface area contributed by atoms with Crippen LogP contribution in [-0.2, 0) is 15.9 Å². The number of hydrogen-bond donors (Lipinski definition) is 1. The lowest BCUT2D eigenvalue weighted by molar-refractivity contribution is 0.0808. The SMILES string of the molecule is CCc1ccc(C(N)COCC2CCOC2)cc1. The molecule has 1 aliphatic heterocycles. The van der Waals surface area contributed by atoms with E-state index in [4.69, 9.17) is 15.2 Å². The monoisotopic (exact) mass is 249 g/mol. The maximum absolute atomic E-state index is 6.12. The Bertz CT molecular complexity index is 344. The smallest absolute Gasteiger partial charge is 0.0659 e. The number of hydrogen-bond acceptors (Lipinski definition) is 3. The topological polar surface area (TPSA) is 44.5 Å². The van der Waals surface area contributed by atoms with Crippen LogP contribution < -0.4 is 5.73 Å². The first-order chi connectivity index (χ1) is 8.79. The average Bonchev–Trinajstić information content (AvgIpc) is 2.92. The summed E-state index contributed by atoms with van der Waals surface area (Å²) in [4.78, 5) is 0. The fourth-order valence-corrected chi connectivity index (χ4v) is 2.17. The van der Waals surface area contributed by atoms with Gasteiger partial charge in [-0.15, -0.1) is 0 Å². The van der Waals surface area contributed by atoms with Gasteiger partial charge in [-0.3, -0.25) is 0 Å². The normalized spacial score (nSPS) is 21.1. The molecule has 0 spiro atoms. The minimum Gasteiger partial charge on any atom is -0.381 e. The van der Waals surface area contributed by atoms with Gasteiger partial charge in [-0.05, 0) is 24.0 Å². The summed E-state index contributed by atoms with van der Waals surface area (Å²) in [5.41, 5.74) is 8.61. The Hall–Kier alpha value is -0.900. The minimum absolute atomic E-state index is 0.0294. The first kappa shape index (κ1) is 13.5. The van der Waals surface area contributed by atoms with Gasteiger partial charge in [-0.25, -0.2) is 0 Å². The highest BCUT2D eigenvalue weighted by Crippen LogP contribution is 2.15. The Kier molecular flexibility index (Phi) is 5.17. The molecule has 2 N–H and O–H groups in total. The number of benzene rings is 1. The second kappa shape index (κ2) is 6.88. The molecule has 0 amide bonds. The fourth-order valence-electron chi connectivity index (χ4n) is 2.17. The first-order valence-corrected chi connectivity index (χ1v) is 6.79. The number of rotatable bonds is 6. The Morgan fingerprint density at radius 2 is 2.17 bits per heavy atom. The van der Waals surface area contributed by atoms with Crippen molar-refractivity contribution in [1.82, 2.24) is 0 Å². The predicted molar refractivity (Wildman–Crippen MR) is 72.5 cm³/mol. The largest absolute Gasteiger partial charge is 0.381 e. The summed E-state index contributed by atoms with van der Waals surface area (Å²) in [6, 6.07) is 8.45. The van der Waals surface area contributed by atoms with Crippen molar-refractivity contribution in [3.8, 4) is 0 Å². The van der Waals surface area contributed by atoms with E-state index in [1.54, 1.807) is 0 Å². The molecule has 0 radical (unpaired) electrons. The highest BCUT2D eigenvalue weighted by Gasteiger charge is 2.16. The zero-order chi connectivity index (χ0) is 12.8. The van der Waals surface area contributed by atoms with E-state index in [0.29, 0.717) is 12.5 Å². The van der Waals surface area contributed by atoms with Crippen LogP contribution in [0.1, 0.15) is 30.5 Å². The third-order valence-corrected chi connectivity index (χ3v) is 3.49. The molecule has 100 valence electrons. The lowest BCUT2D eigenvalue weighted by Crippen LogP contribution is -2.20. The molecule has 0 bridgehead atoms. The predicted octanol–water partition coefficient (Wildman–Crippen LogP) is 2.30. The zero-order valence-corrected chi connectivity index (χ0v) is 11.1. The molecule has 18 heavy (non-hydrogen) atoms. The van der Waals surface area contributed by atoms with E-state index in [2.05, 4.69) is 31.2 Å². The number of aryl methyl sites for hydroxylation is 1. The van der Waals surface area contributed by atoms with Crippen molar-refractivity contribution in [2.24, 2.45) is 11.7 Å². The molecule has 0 saturated carbocycles. The van der Waals surface area contributed by atoms with Crippen molar-refractivity contribution in [3.05, 3.63) is 35.4 Å². The standard InChI is InChI=1S/C15H23NO2/c1-2-12-3-5-14(6-4-12)15(16)11-18-10-13-7-8-17-9-13/h3-6,13,15H,2,7-11,16H2,1H3. The van der Waals surface area contributed by atoms with E-state index in [1.807, 2.05) is 0 Å². The number of nitrogens with two attached hydrogens (primary N) is 1. The lowest BCUT2D eigenvalue weighted by atomic mass is 10.0. The van der Waals surface area contributed by atoms with Crippen molar-refractivity contribution in [2.45, 2.75) is 25.8 Å². The second-order valence-corrected chi connectivity index (χ2v) is 4.97. The Morgan fingerprint density at radius 3 is 2.78 bits per heavy atom. The molecule has 1 aromatic carbocycles. The molecule has 1 saturated heterocycles. The van der Waals surface area contributed by atoms with E-state index in [9.17, 15) is 0 Å². The van der Waals surface area contributed by atoms with Gasteiger partial charge in [0.15, 0.2) is 0 Å². The molecular weight excluding hydrogens is 226 g/mol. The van der Waals surface area contributed by atoms with Gasteiger partial charge < -0.3 is 15.2 Å². The van der Waals surface area contributed by atoms with Crippen molar-refractivity contribution < 1.29 is 9.47 Å². The van der Waals surface area contributed by atoms with Gasteiger partial charge in [-0.2, -0.15) is 0 Å². The summed E-state index contributed by atoms with van der Waals surface area (Å²) < 4.78 is 11.0. The van der Waals surface area contributed by atoms with E-state index in [-0.39, 0.29) is 6.04 Å². The molecule has 3 nitrogen and oxygen atoms in total. The summed E-state index contributed by atoms with van der Waals surface area (Å²) in [6.07, 6.45) is 2.17. The Morgan fingerprint density at radius 1 is 1.39 bits per heavy atom. The molecule has 0 aromatic heterocycles. The van der Waals surface area contributed by atoms with Gasteiger partial charge in [-0.1, -0.05) is 31.2 Å². The third kappa shape index (κ3) is 3.80. The number of ether oxygens (including phenoxy) is 2. The Labute approximate surface area is 109 Å². The molecule has 2 atom stereocenters.